The average Bonchev–Trinajstić information content (AvgIpc) is 3.08. The molecule has 2 fully saturated rings. The minimum Gasteiger partial charge on any atom is -0.411 e. The Morgan fingerprint density at radius 2 is 0.674 bits per heavy atom. The van der Waals surface area contributed by atoms with Crippen LogP contribution < -0.4 is 10.6 Å². The van der Waals surface area contributed by atoms with Crippen LogP contribution in [-0.4, -0.2) is 10.9 Å². The standard InChI is InChI=1S/C39H45N3O/c1-5-25-9-17-29(18-10-25)35-33-36(30-19-11-26(6-2)12-20-30)41-38(32-23-15-28(8-4)16-24-32)34(39(33)42-43)37(40-35)31-21-13-27(7-3)14-22-31/h9-24,33-38,40-41,43H,5-8H2,1-4H3. The third kappa shape index (κ3) is 5.67. The Hall–Kier alpha value is -3.73. The summed E-state index contributed by atoms with van der Waals surface area (Å²) in [7, 11) is 0. The quantitative estimate of drug-likeness (QED) is 0.147. The molecule has 4 nitrogen and oxygen atoms in total. The maximum Gasteiger partial charge on any atom is 0.0708 e. The number of benzene rings is 4. The molecule has 2 bridgehead atoms. The molecule has 0 spiro atoms. The molecule has 0 aromatic heterocycles. The van der Waals surface area contributed by atoms with Crippen molar-refractivity contribution in [3.8, 4) is 0 Å². The zero-order chi connectivity index (χ0) is 29.9. The van der Waals surface area contributed by atoms with Crippen molar-refractivity contribution in [1.29, 1.82) is 0 Å². The van der Waals surface area contributed by atoms with Crippen LogP contribution in [0.25, 0.3) is 0 Å². The van der Waals surface area contributed by atoms with Crippen molar-refractivity contribution in [2.24, 2.45) is 17.0 Å². The van der Waals surface area contributed by atoms with Gasteiger partial charge in [0.25, 0.3) is 0 Å². The number of hydrogen-bond donors (Lipinski definition) is 3. The van der Waals surface area contributed by atoms with E-state index in [1.807, 2.05) is 0 Å². The van der Waals surface area contributed by atoms with Gasteiger partial charge in [-0.3, -0.25) is 0 Å². The Morgan fingerprint density at radius 3 is 0.860 bits per heavy atom. The first-order valence-electron chi connectivity index (χ1n) is 16.2. The molecule has 4 aromatic carbocycles. The first kappa shape index (κ1) is 29.3. The van der Waals surface area contributed by atoms with Crippen molar-refractivity contribution in [3.63, 3.8) is 0 Å². The van der Waals surface area contributed by atoms with Gasteiger partial charge < -0.3 is 15.8 Å². The SMILES string of the molecule is CCc1ccc(C2NC(c3ccc(CC)cc3)C3C(=NO)C2C(c2ccc(CC)cc2)NC3c2ccc(CC)cc2)cc1. The maximum absolute atomic E-state index is 10.9. The maximum atomic E-state index is 10.9. The lowest BCUT2D eigenvalue weighted by molar-refractivity contribution is 0.149. The first-order valence-corrected chi connectivity index (χ1v) is 16.2. The van der Waals surface area contributed by atoms with Crippen molar-refractivity contribution < 1.29 is 5.21 Å². The molecule has 43 heavy (non-hydrogen) atoms. The summed E-state index contributed by atoms with van der Waals surface area (Å²) in [6, 6.07) is 35.9. The van der Waals surface area contributed by atoms with Crippen molar-refractivity contribution >= 4 is 5.71 Å². The molecule has 3 N–H and O–H groups in total. The lowest BCUT2D eigenvalue weighted by Gasteiger charge is -2.54. The molecule has 0 aliphatic carbocycles. The molecule has 0 saturated carbocycles. The Balaban J connectivity index is 1.52. The fourth-order valence-electron chi connectivity index (χ4n) is 7.28. The third-order valence-corrected chi connectivity index (χ3v) is 9.94. The monoisotopic (exact) mass is 571 g/mol. The number of oxime groups is 1. The third-order valence-electron chi connectivity index (χ3n) is 9.94. The second kappa shape index (κ2) is 12.9. The number of hydrogen-bond acceptors (Lipinski definition) is 4. The van der Waals surface area contributed by atoms with E-state index in [4.69, 9.17) is 0 Å². The van der Waals surface area contributed by atoms with Crippen LogP contribution in [0.15, 0.2) is 102 Å². The van der Waals surface area contributed by atoms with E-state index in [-0.39, 0.29) is 36.0 Å². The number of nitrogens with one attached hydrogen (secondary N) is 2. The van der Waals surface area contributed by atoms with Gasteiger partial charge in [0.1, 0.15) is 0 Å². The summed E-state index contributed by atoms with van der Waals surface area (Å²) < 4.78 is 0. The van der Waals surface area contributed by atoms with Gasteiger partial charge >= 0.3 is 0 Å². The highest BCUT2D eigenvalue weighted by Crippen LogP contribution is 2.52. The van der Waals surface area contributed by atoms with Gasteiger partial charge in [-0.2, -0.15) is 0 Å². The zero-order valence-corrected chi connectivity index (χ0v) is 25.9. The van der Waals surface area contributed by atoms with Gasteiger partial charge in [0.2, 0.25) is 0 Å². The largest absolute Gasteiger partial charge is 0.411 e. The highest BCUT2D eigenvalue weighted by molar-refractivity contribution is 5.93. The van der Waals surface area contributed by atoms with Crippen molar-refractivity contribution in [1.82, 2.24) is 10.6 Å². The molecule has 4 aromatic rings. The van der Waals surface area contributed by atoms with E-state index >= 15 is 0 Å². The molecule has 2 saturated heterocycles. The molecule has 0 amide bonds. The smallest absolute Gasteiger partial charge is 0.0708 e. The fraction of sp³-hybridized carbons (Fsp3) is 0.359. The minimum atomic E-state index is -0.0627. The molecule has 2 heterocycles. The topological polar surface area (TPSA) is 56.7 Å². The van der Waals surface area contributed by atoms with E-state index in [1.165, 1.54) is 44.5 Å². The summed E-state index contributed by atoms with van der Waals surface area (Å²) in [5, 5.41) is 23.4. The predicted molar refractivity (Wildman–Crippen MR) is 177 cm³/mol. The zero-order valence-electron chi connectivity index (χ0n) is 25.9. The molecular formula is C39H45N3O. The van der Waals surface area contributed by atoms with Crippen LogP contribution >= 0.6 is 0 Å². The van der Waals surface area contributed by atoms with Gasteiger partial charge in [0, 0.05) is 36.0 Å². The number of piperidine rings is 2. The Bertz CT molecular complexity index is 1300. The molecule has 4 heteroatoms. The number of nitrogens with zero attached hydrogens (tertiary/aromatic N) is 1. The first-order chi connectivity index (χ1) is 21.1. The van der Waals surface area contributed by atoms with Gasteiger partial charge in [0.05, 0.1) is 5.71 Å². The molecular weight excluding hydrogens is 526 g/mol. The van der Waals surface area contributed by atoms with E-state index in [9.17, 15) is 5.21 Å². The average molecular weight is 572 g/mol. The van der Waals surface area contributed by atoms with Crippen LogP contribution in [0.1, 0.15) is 96.4 Å². The second-order valence-electron chi connectivity index (χ2n) is 12.2. The molecule has 2 aliphatic heterocycles. The molecule has 6 rings (SSSR count). The van der Waals surface area contributed by atoms with Crippen LogP contribution in [0.5, 0.6) is 0 Å². The summed E-state index contributed by atoms with van der Waals surface area (Å²) in [4.78, 5) is 0. The lowest BCUT2D eigenvalue weighted by Crippen LogP contribution is -2.60. The van der Waals surface area contributed by atoms with Gasteiger partial charge in [0.15, 0.2) is 0 Å². The van der Waals surface area contributed by atoms with Crippen molar-refractivity contribution in [2.45, 2.75) is 77.5 Å². The Labute approximate surface area is 257 Å². The van der Waals surface area contributed by atoms with Gasteiger partial charge in [-0.15, -0.1) is 0 Å². The second-order valence-corrected chi connectivity index (χ2v) is 12.2. The van der Waals surface area contributed by atoms with Crippen LogP contribution in [0.3, 0.4) is 0 Å². The van der Waals surface area contributed by atoms with E-state index < -0.39 is 0 Å². The minimum absolute atomic E-state index is 0.0318. The summed E-state index contributed by atoms with van der Waals surface area (Å²) in [5.74, 6) is -0.125. The van der Waals surface area contributed by atoms with E-state index in [0.717, 1.165) is 31.4 Å². The van der Waals surface area contributed by atoms with Crippen LogP contribution in [-0.2, 0) is 25.7 Å². The summed E-state index contributed by atoms with van der Waals surface area (Å²) in [6.45, 7) is 8.77. The lowest BCUT2D eigenvalue weighted by atomic mass is 9.63. The Morgan fingerprint density at radius 1 is 0.442 bits per heavy atom. The molecule has 4 atom stereocenters. The predicted octanol–water partition coefficient (Wildman–Crippen LogP) is 8.47. The van der Waals surface area contributed by atoms with Gasteiger partial charge in [-0.25, -0.2) is 0 Å². The van der Waals surface area contributed by atoms with E-state index in [0.29, 0.717) is 0 Å². The van der Waals surface area contributed by atoms with Crippen LogP contribution in [0, 0.1) is 11.8 Å². The summed E-state index contributed by atoms with van der Waals surface area (Å²) in [5.41, 5.74) is 11.1. The Kier molecular flexibility index (Phi) is 8.78. The van der Waals surface area contributed by atoms with E-state index in [1.54, 1.807) is 0 Å². The number of rotatable bonds is 8. The summed E-state index contributed by atoms with van der Waals surface area (Å²) in [6.07, 6.45) is 4.02. The number of fused-ring (bicyclic) bond motifs is 2. The van der Waals surface area contributed by atoms with Gasteiger partial charge in [-0.05, 0) is 70.2 Å². The molecule has 2 aliphatic rings. The highest BCUT2D eigenvalue weighted by atomic mass is 16.4. The van der Waals surface area contributed by atoms with Crippen LogP contribution in [0.2, 0.25) is 0 Å². The van der Waals surface area contributed by atoms with Crippen molar-refractivity contribution in [3.05, 3.63) is 142 Å². The van der Waals surface area contributed by atoms with Gasteiger partial charge in [-0.1, -0.05) is 130 Å². The molecule has 4 unspecified atom stereocenters. The molecule has 0 radical (unpaired) electrons. The van der Waals surface area contributed by atoms with E-state index in [2.05, 4.69) is 141 Å². The normalized spacial score (nSPS) is 25.0. The van der Waals surface area contributed by atoms with Crippen LogP contribution in [0.4, 0.5) is 0 Å². The van der Waals surface area contributed by atoms with Crippen molar-refractivity contribution in [2.75, 3.05) is 0 Å². The fourth-order valence-corrected chi connectivity index (χ4v) is 7.28. The molecule has 222 valence electrons. The number of aryl methyl sites for hydroxylation is 4. The summed E-state index contributed by atoms with van der Waals surface area (Å²) >= 11 is 0. The highest BCUT2D eigenvalue weighted by Gasteiger charge is 2.54.